The third-order valence-corrected chi connectivity index (χ3v) is 4.60. The van der Waals surface area contributed by atoms with Gasteiger partial charge in [0.1, 0.15) is 0 Å². The molecule has 134 valence electrons. The normalized spacial score (nSPS) is 13.3. The summed E-state index contributed by atoms with van der Waals surface area (Å²) in [6, 6.07) is 3.32. The van der Waals surface area contributed by atoms with Gasteiger partial charge in [-0.3, -0.25) is 9.89 Å². The summed E-state index contributed by atoms with van der Waals surface area (Å²) in [5, 5.41) is 11.2. The first-order valence-corrected chi connectivity index (χ1v) is 9.12. The molecule has 1 rings (SSSR count). The zero-order valence-electron chi connectivity index (χ0n) is 15.3. The van der Waals surface area contributed by atoms with E-state index in [-0.39, 0.29) is 24.0 Å². The molecule has 2 N–H and O–H groups in total. The third kappa shape index (κ3) is 8.35. The number of hydrogen-bond donors (Lipinski definition) is 2. The van der Waals surface area contributed by atoms with Crippen LogP contribution in [0, 0.1) is 0 Å². The van der Waals surface area contributed by atoms with Gasteiger partial charge in [0.2, 0.25) is 0 Å². The van der Waals surface area contributed by atoms with Crippen LogP contribution in [0.25, 0.3) is 0 Å². The number of nitrogens with zero attached hydrogens (tertiary/aromatic N) is 2. The number of aliphatic imine (C=N–C) groups is 1. The van der Waals surface area contributed by atoms with Crippen LogP contribution in [-0.2, 0) is 0 Å². The Morgan fingerprint density at radius 3 is 2.30 bits per heavy atom. The van der Waals surface area contributed by atoms with Gasteiger partial charge in [-0.1, -0.05) is 6.92 Å². The first-order chi connectivity index (χ1) is 10.5. The molecule has 0 saturated carbocycles. The van der Waals surface area contributed by atoms with Crippen molar-refractivity contribution < 1.29 is 0 Å². The Kier molecular flexibility index (Phi) is 11.9. The van der Waals surface area contributed by atoms with E-state index in [1.165, 1.54) is 5.56 Å². The van der Waals surface area contributed by atoms with E-state index in [0.717, 1.165) is 25.6 Å². The molecule has 23 heavy (non-hydrogen) atoms. The summed E-state index contributed by atoms with van der Waals surface area (Å²) in [6.45, 7) is 14.0. The number of hydrogen-bond acceptors (Lipinski definition) is 3. The van der Waals surface area contributed by atoms with Crippen LogP contribution in [0.1, 0.15) is 46.1 Å². The second-order valence-corrected chi connectivity index (χ2v) is 7.04. The molecule has 0 aliphatic heterocycles. The minimum Gasteiger partial charge on any atom is -0.356 e. The van der Waals surface area contributed by atoms with E-state index >= 15 is 0 Å². The Balaban J connectivity index is 0.00000484. The van der Waals surface area contributed by atoms with Gasteiger partial charge in [0.05, 0.1) is 0 Å². The molecule has 0 amide bonds. The molecular formula is C17H33IN4S. The van der Waals surface area contributed by atoms with E-state index in [1.807, 2.05) is 7.05 Å². The number of nitrogens with one attached hydrogen (secondary N) is 2. The minimum atomic E-state index is 0. The SMILES string of the molecule is CN=C(NCCN(C(C)C)C(C)C)NCC(C)c1ccsc1.I. The monoisotopic (exact) mass is 452 g/mol. The fourth-order valence-electron chi connectivity index (χ4n) is 2.56. The highest BCUT2D eigenvalue weighted by Gasteiger charge is 2.13. The molecule has 0 bridgehead atoms. The average molecular weight is 452 g/mol. The van der Waals surface area contributed by atoms with Gasteiger partial charge in [-0.05, 0) is 56.0 Å². The van der Waals surface area contributed by atoms with Gasteiger partial charge in [-0.2, -0.15) is 11.3 Å². The molecule has 0 saturated heterocycles. The van der Waals surface area contributed by atoms with Crippen molar-refractivity contribution in [2.75, 3.05) is 26.7 Å². The number of halogens is 1. The first-order valence-electron chi connectivity index (χ1n) is 8.18. The van der Waals surface area contributed by atoms with Crippen molar-refractivity contribution >= 4 is 41.3 Å². The summed E-state index contributed by atoms with van der Waals surface area (Å²) in [7, 11) is 1.83. The molecule has 1 heterocycles. The van der Waals surface area contributed by atoms with E-state index in [0.29, 0.717) is 18.0 Å². The van der Waals surface area contributed by atoms with E-state index in [2.05, 4.69) is 72.0 Å². The largest absolute Gasteiger partial charge is 0.356 e. The van der Waals surface area contributed by atoms with Crippen LogP contribution in [0.3, 0.4) is 0 Å². The van der Waals surface area contributed by atoms with Crippen molar-refractivity contribution in [3.8, 4) is 0 Å². The van der Waals surface area contributed by atoms with Gasteiger partial charge in [-0.15, -0.1) is 24.0 Å². The molecule has 1 unspecified atom stereocenters. The van der Waals surface area contributed by atoms with Crippen LogP contribution < -0.4 is 10.6 Å². The molecule has 0 fully saturated rings. The zero-order valence-corrected chi connectivity index (χ0v) is 18.4. The molecule has 1 aromatic heterocycles. The van der Waals surface area contributed by atoms with Crippen molar-refractivity contribution in [1.82, 2.24) is 15.5 Å². The van der Waals surface area contributed by atoms with Crippen LogP contribution in [-0.4, -0.2) is 49.6 Å². The molecule has 1 atom stereocenters. The number of rotatable bonds is 8. The fraction of sp³-hybridized carbons (Fsp3) is 0.706. The molecule has 4 nitrogen and oxygen atoms in total. The summed E-state index contributed by atoms with van der Waals surface area (Å²) < 4.78 is 0. The van der Waals surface area contributed by atoms with Gasteiger partial charge >= 0.3 is 0 Å². The molecule has 0 spiro atoms. The van der Waals surface area contributed by atoms with E-state index in [1.54, 1.807) is 11.3 Å². The second kappa shape index (κ2) is 12.1. The van der Waals surface area contributed by atoms with Gasteiger partial charge in [0.15, 0.2) is 5.96 Å². The smallest absolute Gasteiger partial charge is 0.191 e. The van der Waals surface area contributed by atoms with E-state index in [9.17, 15) is 0 Å². The Bertz CT molecular complexity index is 424. The maximum Gasteiger partial charge on any atom is 0.191 e. The average Bonchev–Trinajstić information content (AvgIpc) is 2.99. The maximum atomic E-state index is 4.31. The first kappa shape index (κ1) is 22.7. The van der Waals surface area contributed by atoms with Crippen molar-refractivity contribution in [2.24, 2.45) is 4.99 Å². The van der Waals surface area contributed by atoms with Gasteiger partial charge in [0.25, 0.3) is 0 Å². The highest BCUT2D eigenvalue weighted by atomic mass is 127. The van der Waals surface area contributed by atoms with Crippen molar-refractivity contribution in [3.63, 3.8) is 0 Å². The minimum absolute atomic E-state index is 0. The van der Waals surface area contributed by atoms with E-state index in [4.69, 9.17) is 0 Å². The molecule has 0 aliphatic rings. The van der Waals surface area contributed by atoms with Gasteiger partial charge in [-0.25, -0.2) is 0 Å². The predicted octanol–water partition coefficient (Wildman–Crippen LogP) is 3.75. The molecular weight excluding hydrogens is 419 g/mol. The van der Waals surface area contributed by atoms with Crippen molar-refractivity contribution in [3.05, 3.63) is 22.4 Å². The standard InChI is InChI=1S/C17H32N4S.HI/c1-13(2)21(14(3)4)9-8-19-17(18-6)20-11-15(5)16-7-10-22-12-16;/h7,10,12-15H,8-9,11H2,1-6H3,(H2,18,19,20);1H. The Morgan fingerprint density at radius 2 is 1.83 bits per heavy atom. The summed E-state index contributed by atoms with van der Waals surface area (Å²) >= 11 is 1.75. The van der Waals surface area contributed by atoms with Gasteiger partial charge in [0, 0.05) is 38.8 Å². The quantitative estimate of drug-likeness (QED) is 0.359. The zero-order chi connectivity index (χ0) is 16.5. The topological polar surface area (TPSA) is 39.7 Å². The summed E-state index contributed by atoms with van der Waals surface area (Å²) in [5.41, 5.74) is 1.39. The molecule has 6 heteroatoms. The Hall–Kier alpha value is -0.340. The highest BCUT2D eigenvalue weighted by molar-refractivity contribution is 14.0. The van der Waals surface area contributed by atoms with Crippen LogP contribution in [0.5, 0.6) is 0 Å². The van der Waals surface area contributed by atoms with Crippen LogP contribution in [0.4, 0.5) is 0 Å². The number of guanidine groups is 1. The van der Waals surface area contributed by atoms with Crippen molar-refractivity contribution in [2.45, 2.75) is 52.6 Å². The van der Waals surface area contributed by atoms with Crippen molar-refractivity contribution in [1.29, 1.82) is 0 Å². The molecule has 0 radical (unpaired) electrons. The van der Waals surface area contributed by atoms with Crippen LogP contribution in [0.15, 0.2) is 21.8 Å². The highest BCUT2D eigenvalue weighted by Crippen LogP contribution is 2.16. The third-order valence-electron chi connectivity index (χ3n) is 3.90. The molecule has 0 aliphatic carbocycles. The number of thiophene rings is 1. The molecule has 1 aromatic rings. The van der Waals surface area contributed by atoms with Crippen LogP contribution in [0.2, 0.25) is 0 Å². The fourth-order valence-corrected chi connectivity index (χ4v) is 3.34. The summed E-state index contributed by atoms with van der Waals surface area (Å²) in [6.07, 6.45) is 0. The summed E-state index contributed by atoms with van der Waals surface area (Å²) in [5.74, 6) is 1.38. The maximum absolute atomic E-state index is 4.31. The lowest BCUT2D eigenvalue weighted by Gasteiger charge is -2.30. The second-order valence-electron chi connectivity index (χ2n) is 6.26. The van der Waals surface area contributed by atoms with Gasteiger partial charge < -0.3 is 10.6 Å². The lowest BCUT2D eigenvalue weighted by molar-refractivity contribution is 0.178. The summed E-state index contributed by atoms with van der Waals surface area (Å²) in [4.78, 5) is 6.79. The van der Waals surface area contributed by atoms with E-state index < -0.39 is 0 Å². The lowest BCUT2D eigenvalue weighted by Crippen LogP contribution is -2.45. The lowest BCUT2D eigenvalue weighted by atomic mass is 10.1. The van der Waals surface area contributed by atoms with Crippen LogP contribution >= 0.6 is 35.3 Å². The Morgan fingerprint density at radius 1 is 1.17 bits per heavy atom. The predicted molar refractivity (Wildman–Crippen MR) is 114 cm³/mol. The Labute approximate surface area is 163 Å². The molecule has 0 aromatic carbocycles.